The molecule has 3 rings (SSSR count). The molecule has 1 aliphatic heterocycles. The van der Waals surface area contributed by atoms with Crippen LogP contribution in [0.5, 0.6) is 0 Å². The largest absolute Gasteiger partial charge is 0.337 e. The predicted molar refractivity (Wildman–Crippen MR) is 66.6 cm³/mol. The maximum absolute atomic E-state index is 12.0. The minimum atomic E-state index is 0.242. The summed E-state index contributed by atoms with van der Waals surface area (Å²) in [5, 5.41) is 3.29. The molecule has 1 amide bonds. The number of hydrogen-bond donors (Lipinski definition) is 1. The van der Waals surface area contributed by atoms with Gasteiger partial charge in [-0.1, -0.05) is 24.3 Å². The predicted octanol–water partition coefficient (Wildman–Crippen LogP) is 1.32. The second-order valence-electron chi connectivity index (χ2n) is 4.99. The van der Waals surface area contributed by atoms with E-state index < -0.39 is 0 Å². The van der Waals surface area contributed by atoms with E-state index in [9.17, 15) is 4.79 Å². The van der Waals surface area contributed by atoms with Crippen molar-refractivity contribution in [3.05, 3.63) is 35.4 Å². The quantitative estimate of drug-likeness (QED) is 0.849. The van der Waals surface area contributed by atoms with Crippen LogP contribution in [0.15, 0.2) is 24.3 Å². The summed E-state index contributed by atoms with van der Waals surface area (Å²) in [4.78, 5) is 14.0. The first kappa shape index (κ1) is 10.8. The molecule has 1 aliphatic carbocycles. The Morgan fingerprint density at radius 1 is 1.29 bits per heavy atom. The monoisotopic (exact) mass is 230 g/mol. The van der Waals surface area contributed by atoms with E-state index in [0.717, 1.165) is 19.5 Å². The van der Waals surface area contributed by atoms with Crippen molar-refractivity contribution in [2.75, 3.05) is 13.1 Å². The van der Waals surface area contributed by atoms with Gasteiger partial charge in [0.05, 0.1) is 6.54 Å². The third kappa shape index (κ3) is 2.50. The molecule has 1 aromatic rings. The minimum absolute atomic E-state index is 0.242. The lowest BCUT2D eigenvalue weighted by Crippen LogP contribution is -2.41. The average molecular weight is 230 g/mol. The summed E-state index contributed by atoms with van der Waals surface area (Å²) in [6.07, 6.45) is 3.46. The van der Waals surface area contributed by atoms with E-state index in [0.29, 0.717) is 12.6 Å². The molecule has 2 aliphatic rings. The van der Waals surface area contributed by atoms with E-state index in [1.165, 1.54) is 24.0 Å². The Hall–Kier alpha value is -1.35. The van der Waals surface area contributed by atoms with Gasteiger partial charge in [-0.05, 0) is 30.4 Å². The van der Waals surface area contributed by atoms with Gasteiger partial charge in [0.2, 0.25) is 5.91 Å². The van der Waals surface area contributed by atoms with E-state index in [1.54, 1.807) is 0 Å². The van der Waals surface area contributed by atoms with Gasteiger partial charge < -0.3 is 10.2 Å². The smallest absolute Gasteiger partial charge is 0.236 e. The lowest BCUT2D eigenvalue weighted by Gasteiger charge is -2.29. The number of carbonyl (C=O) groups excluding carboxylic acids is 1. The van der Waals surface area contributed by atoms with Crippen LogP contribution in [0.25, 0.3) is 0 Å². The molecule has 0 bridgehead atoms. The van der Waals surface area contributed by atoms with Crippen LogP contribution in [0, 0.1) is 0 Å². The minimum Gasteiger partial charge on any atom is -0.337 e. The molecule has 17 heavy (non-hydrogen) atoms. The first-order valence-electron chi connectivity index (χ1n) is 6.41. The molecule has 1 heterocycles. The summed E-state index contributed by atoms with van der Waals surface area (Å²) in [5.41, 5.74) is 2.70. The maximum atomic E-state index is 12.0. The van der Waals surface area contributed by atoms with Crippen molar-refractivity contribution in [1.29, 1.82) is 0 Å². The number of benzene rings is 1. The number of fused-ring (bicyclic) bond motifs is 1. The van der Waals surface area contributed by atoms with Crippen molar-refractivity contribution in [1.82, 2.24) is 10.2 Å². The number of nitrogens with zero attached hydrogens (tertiary/aromatic N) is 1. The van der Waals surface area contributed by atoms with Crippen molar-refractivity contribution < 1.29 is 4.79 Å². The fourth-order valence-electron chi connectivity index (χ4n) is 2.34. The van der Waals surface area contributed by atoms with Gasteiger partial charge in [0.25, 0.3) is 0 Å². The maximum Gasteiger partial charge on any atom is 0.236 e. The average Bonchev–Trinajstić information content (AvgIpc) is 3.19. The van der Waals surface area contributed by atoms with Crippen molar-refractivity contribution in [3.63, 3.8) is 0 Å². The molecular weight excluding hydrogens is 212 g/mol. The molecule has 1 fully saturated rings. The van der Waals surface area contributed by atoms with E-state index in [4.69, 9.17) is 0 Å². The number of hydrogen-bond acceptors (Lipinski definition) is 2. The molecule has 0 saturated heterocycles. The highest BCUT2D eigenvalue weighted by molar-refractivity contribution is 5.78. The summed E-state index contributed by atoms with van der Waals surface area (Å²) in [5.74, 6) is 0.242. The summed E-state index contributed by atoms with van der Waals surface area (Å²) < 4.78 is 0. The summed E-state index contributed by atoms with van der Waals surface area (Å²) in [6, 6.07) is 9.03. The summed E-state index contributed by atoms with van der Waals surface area (Å²) in [6.45, 7) is 2.15. The Morgan fingerprint density at radius 2 is 2.06 bits per heavy atom. The van der Waals surface area contributed by atoms with Gasteiger partial charge in [-0.3, -0.25) is 4.79 Å². The molecule has 0 spiro atoms. The highest BCUT2D eigenvalue weighted by Gasteiger charge is 2.24. The van der Waals surface area contributed by atoms with Gasteiger partial charge in [-0.2, -0.15) is 0 Å². The lowest BCUT2D eigenvalue weighted by atomic mass is 10.00. The molecule has 1 N–H and O–H groups in total. The number of rotatable bonds is 3. The molecule has 3 nitrogen and oxygen atoms in total. The van der Waals surface area contributed by atoms with E-state index in [1.807, 2.05) is 4.90 Å². The molecular formula is C14H18N2O. The standard InChI is InChI=1S/C14H18N2O/c17-14(9-15-13-5-6-13)16-8-7-11-3-1-2-4-12(11)10-16/h1-4,13,15H,5-10H2. The van der Waals surface area contributed by atoms with E-state index in [2.05, 4.69) is 29.6 Å². The third-order valence-electron chi connectivity index (χ3n) is 3.60. The first-order chi connectivity index (χ1) is 8.33. The van der Waals surface area contributed by atoms with E-state index >= 15 is 0 Å². The molecule has 0 unspecified atom stereocenters. The van der Waals surface area contributed by atoms with Gasteiger partial charge in [0, 0.05) is 19.1 Å². The van der Waals surface area contributed by atoms with Crippen LogP contribution in [0.1, 0.15) is 24.0 Å². The fraction of sp³-hybridized carbons (Fsp3) is 0.500. The molecule has 3 heteroatoms. The Morgan fingerprint density at radius 3 is 2.82 bits per heavy atom. The molecule has 1 saturated carbocycles. The first-order valence-corrected chi connectivity index (χ1v) is 6.41. The van der Waals surface area contributed by atoms with Crippen molar-refractivity contribution in [3.8, 4) is 0 Å². The van der Waals surface area contributed by atoms with Crippen molar-refractivity contribution in [2.24, 2.45) is 0 Å². The summed E-state index contributed by atoms with van der Waals surface area (Å²) in [7, 11) is 0. The normalized spacial score (nSPS) is 18.9. The van der Waals surface area contributed by atoms with Gasteiger partial charge >= 0.3 is 0 Å². The lowest BCUT2D eigenvalue weighted by molar-refractivity contribution is -0.131. The van der Waals surface area contributed by atoms with Crippen LogP contribution in [0.2, 0.25) is 0 Å². The van der Waals surface area contributed by atoms with Crippen LogP contribution in [0.4, 0.5) is 0 Å². The van der Waals surface area contributed by atoms with Gasteiger partial charge in [-0.15, -0.1) is 0 Å². The van der Waals surface area contributed by atoms with Crippen LogP contribution < -0.4 is 5.32 Å². The fourth-order valence-corrected chi connectivity index (χ4v) is 2.34. The number of amides is 1. The van der Waals surface area contributed by atoms with Gasteiger partial charge in [-0.25, -0.2) is 0 Å². The Labute approximate surface area is 102 Å². The second kappa shape index (κ2) is 4.49. The van der Waals surface area contributed by atoms with Crippen molar-refractivity contribution >= 4 is 5.91 Å². The topological polar surface area (TPSA) is 32.3 Å². The highest BCUT2D eigenvalue weighted by atomic mass is 16.2. The SMILES string of the molecule is O=C(CNC1CC1)N1CCc2ccccc2C1. The van der Waals surface area contributed by atoms with Crippen LogP contribution >= 0.6 is 0 Å². The number of carbonyl (C=O) groups is 1. The second-order valence-corrected chi connectivity index (χ2v) is 4.99. The molecule has 90 valence electrons. The van der Waals surface area contributed by atoms with E-state index in [-0.39, 0.29) is 5.91 Å². The zero-order chi connectivity index (χ0) is 11.7. The Bertz CT molecular complexity index is 426. The molecule has 0 radical (unpaired) electrons. The van der Waals surface area contributed by atoms with Gasteiger partial charge in [0.15, 0.2) is 0 Å². The van der Waals surface area contributed by atoms with Crippen LogP contribution in [-0.4, -0.2) is 29.9 Å². The number of nitrogens with one attached hydrogen (secondary N) is 1. The molecule has 0 aromatic heterocycles. The third-order valence-corrected chi connectivity index (χ3v) is 3.60. The van der Waals surface area contributed by atoms with Crippen LogP contribution in [-0.2, 0) is 17.8 Å². The Balaban J connectivity index is 1.60. The Kier molecular flexibility index (Phi) is 2.85. The van der Waals surface area contributed by atoms with Crippen molar-refractivity contribution in [2.45, 2.75) is 31.8 Å². The molecule has 0 atom stereocenters. The molecule has 1 aromatic carbocycles. The highest BCUT2D eigenvalue weighted by Crippen LogP contribution is 2.20. The van der Waals surface area contributed by atoms with Crippen LogP contribution in [0.3, 0.4) is 0 Å². The zero-order valence-corrected chi connectivity index (χ0v) is 9.98. The zero-order valence-electron chi connectivity index (χ0n) is 9.98. The van der Waals surface area contributed by atoms with Gasteiger partial charge in [0.1, 0.15) is 0 Å². The summed E-state index contributed by atoms with van der Waals surface area (Å²) >= 11 is 0.